The van der Waals surface area contributed by atoms with Crippen molar-refractivity contribution in [3.05, 3.63) is 40.3 Å². The number of nitrogens with zero attached hydrogens (tertiary/aromatic N) is 1. The normalized spacial score (nSPS) is 10.4. The Morgan fingerprint density at radius 1 is 1.57 bits per heavy atom. The molecule has 72 valence electrons. The van der Waals surface area contributed by atoms with Gasteiger partial charge < -0.3 is 9.84 Å². The average Bonchev–Trinajstić information content (AvgIpc) is 2.59. The van der Waals surface area contributed by atoms with Gasteiger partial charge in [0.15, 0.2) is 5.43 Å². The minimum atomic E-state index is -0.464. The van der Waals surface area contributed by atoms with Crippen molar-refractivity contribution in [3.63, 3.8) is 0 Å². The number of carbonyl (C=O) groups excluding carboxylic acids is 1. The van der Waals surface area contributed by atoms with Gasteiger partial charge in [-0.1, -0.05) is 0 Å². The molecule has 0 spiro atoms. The van der Waals surface area contributed by atoms with Crippen LogP contribution in [-0.2, 0) is 4.74 Å². The van der Waals surface area contributed by atoms with Gasteiger partial charge in [0, 0.05) is 24.5 Å². The van der Waals surface area contributed by atoms with Crippen LogP contribution in [0.2, 0.25) is 0 Å². The van der Waals surface area contributed by atoms with Crippen LogP contribution in [0.5, 0.6) is 0 Å². The fourth-order valence-electron chi connectivity index (χ4n) is 1.28. The lowest BCUT2D eigenvalue weighted by molar-refractivity contribution is 0.0603. The number of aromatic amines is 1. The SMILES string of the molecule is COC(=O)c1c[nH]n2ccc(=O)cc12. The van der Waals surface area contributed by atoms with Gasteiger partial charge in [-0.3, -0.25) is 9.31 Å². The molecule has 1 N–H and O–H groups in total. The second-order valence-corrected chi connectivity index (χ2v) is 2.80. The second-order valence-electron chi connectivity index (χ2n) is 2.80. The molecule has 5 heteroatoms. The van der Waals surface area contributed by atoms with Crippen molar-refractivity contribution in [3.8, 4) is 0 Å². The molecule has 2 rings (SSSR count). The first kappa shape index (κ1) is 8.55. The molecule has 0 aliphatic heterocycles. The van der Waals surface area contributed by atoms with Gasteiger partial charge in [0.25, 0.3) is 0 Å². The van der Waals surface area contributed by atoms with Crippen LogP contribution < -0.4 is 5.43 Å². The third-order valence-electron chi connectivity index (χ3n) is 1.96. The van der Waals surface area contributed by atoms with Gasteiger partial charge in [0.2, 0.25) is 0 Å². The van der Waals surface area contributed by atoms with E-state index in [-0.39, 0.29) is 5.43 Å². The zero-order chi connectivity index (χ0) is 10.1. The Morgan fingerprint density at radius 3 is 3.07 bits per heavy atom. The summed E-state index contributed by atoms with van der Waals surface area (Å²) < 4.78 is 6.15. The fourth-order valence-corrected chi connectivity index (χ4v) is 1.28. The minimum absolute atomic E-state index is 0.144. The van der Waals surface area contributed by atoms with Crippen LogP contribution in [0.15, 0.2) is 29.3 Å². The van der Waals surface area contributed by atoms with E-state index in [1.807, 2.05) is 0 Å². The van der Waals surface area contributed by atoms with Crippen molar-refractivity contribution in [2.45, 2.75) is 0 Å². The molecule has 0 saturated carbocycles. The number of methoxy groups -OCH3 is 1. The number of aromatic nitrogens is 2. The maximum Gasteiger partial charge on any atom is 0.341 e. The molecular weight excluding hydrogens is 184 g/mol. The van der Waals surface area contributed by atoms with E-state index in [0.29, 0.717) is 11.1 Å². The van der Waals surface area contributed by atoms with Crippen LogP contribution in [0.4, 0.5) is 0 Å². The molecule has 0 aliphatic rings. The summed E-state index contributed by atoms with van der Waals surface area (Å²) in [6, 6.07) is 2.79. The summed E-state index contributed by atoms with van der Waals surface area (Å²) in [7, 11) is 1.30. The Bertz CT molecular complexity index is 538. The van der Waals surface area contributed by atoms with Gasteiger partial charge in [-0.25, -0.2) is 4.79 Å². The number of esters is 1. The fraction of sp³-hybridized carbons (Fsp3) is 0.111. The van der Waals surface area contributed by atoms with Crippen molar-refractivity contribution in [2.75, 3.05) is 7.11 Å². The molecule has 0 aromatic carbocycles. The van der Waals surface area contributed by atoms with E-state index in [1.165, 1.54) is 25.4 Å². The van der Waals surface area contributed by atoms with Crippen molar-refractivity contribution in [1.82, 2.24) is 9.61 Å². The highest BCUT2D eigenvalue weighted by Gasteiger charge is 2.11. The number of ether oxygens (including phenoxy) is 1. The number of hydrogen-bond donors (Lipinski definition) is 1. The second kappa shape index (κ2) is 3.02. The molecular formula is C9H8N2O3. The highest BCUT2D eigenvalue weighted by Crippen LogP contribution is 2.08. The van der Waals surface area contributed by atoms with Crippen molar-refractivity contribution in [1.29, 1.82) is 0 Å². The van der Waals surface area contributed by atoms with E-state index >= 15 is 0 Å². The quantitative estimate of drug-likeness (QED) is 0.666. The number of fused-ring (bicyclic) bond motifs is 1. The van der Waals surface area contributed by atoms with Gasteiger partial charge in [-0.2, -0.15) is 0 Å². The van der Waals surface area contributed by atoms with E-state index in [2.05, 4.69) is 9.84 Å². The zero-order valence-electron chi connectivity index (χ0n) is 7.48. The summed E-state index contributed by atoms with van der Waals surface area (Å²) in [5, 5.41) is 2.81. The molecule has 0 unspecified atom stereocenters. The Kier molecular flexibility index (Phi) is 1.85. The lowest BCUT2D eigenvalue weighted by Gasteiger charge is -1.95. The van der Waals surface area contributed by atoms with E-state index in [4.69, 9.17) is 0 Å². The third-order valence-corrected chi connectivity index (χ3v) is 1.96. The van der Waals surface area contributed by atoms with Crippen molar-refractivity contribution >= 4 is 11.5 Å². The predicted octanol–water partition coefficient (Wildman–Crippen LogP) is 0.414. The highest BCUT2D eigenvalue weighted by molar-refractivity contribution is 5.96. The first-order valence-corrected chi connectivity index (χ1v) is 4.00. The summed E-state index contributed by atoms with van der Waals surface area (Å²) in [6.07, 6.45) is 3.06. The van der Waals surface area contributed by atoms with E-state index in [1.54, 1.807) is 10.7 Å². The molecule has 2 aromatic heterocycles. The number of H-pyrrole nitrogens is 1. The molecule has 0 radical (unpaired) electrons. The molecule has 2 heterocycles. The predicted molar refractivity (Wildman–Crippen MR) is 49.4 cm³/mol. The third kappa shape index (κ3) is 1.19. The van der Waals surface area contributed by atoms with Gasteiger partial charge >= 0.3 is 5.97 Å². The van der Waals surface area contributed by atoms with E-state index in [9.17, 15) is 9.59 Å². The Hall–Kier alpha value is -2.04. The number of nitrogens with one attached hydrogen (secondary N) is 1. The lowest BCUT2D eigenvalue weighted by atomic mass is 10.2. The van der Waals surface area contributed by atoms with Gasteiger partial charge in [-0.15, -0.1) is 0 Å². The molecule has 0 amide bonds. The van der Waals surface area contributed by atoms with Crippen LogP contribution >= 0.6 is 0 Å². The maximum atomic E-state index is 11.2. The Labute approximate surface area is 78.9 Å². The van der Waals surface area contributed by atoms with Crippen LogP contribution in [0.3, 0.4) is 0 Å². The molecule has 0 atom stereocenters. The van der Waals surface area contributed by atoms with Gasteiger partial charge in [0.1, 0.15) is 5.56 Å². The Morgan fingerprint density at radius 2 is 2.36 bits per heavy atom. The maximum absolute atomic E-state index is 11.2. The summed E-state index contributed by atoms with van der Waals surface area (Å²) >= 11 is 0. The smallest absolute Gasteiger partial charge is 0.341 e. The molecule has 0 bridgehead atoms. The van der Waals surface area contributed by atoms with Crippen molar-refractivity contribution < 1.29 is 9.53 Å². The number of carbonyl (C=O) groups is 1. The van der Waals surface area contributed by atoms with Crippen molar-refractivity contribution in [2.24, 2.45) is 0 Å². The Balaban J connectivity index is 2.73. The number of rotatable bonds is 1. The van der Waals surface area contributed by atoms with Gasteiger partial charge in [0.05, 0.1) is 12.6 Å². The summed E-state index contributed by atoms with van der Waals surface area (Å²) in [4.78, 5) is 22.3. The molecule has 0 saturated heterocycles. The number of hydrogen-bond acceptors (Lipinski definition) is 3. The first-order valence-electron chi connectivity index (χ1n) is 4.00. The molecule has 14 heavy (non-hydrogen) atoms. The minimum Gasteiger partial charge on any atom is -0.465 e. The summed E-state index contributed by atoms with van der Waals surface area (Å²) in [6.45, 7) is 0. The van der Waals surface area contributed by atoms with Crippen LogP contribution in [-0.4, -0.2) is 22.7 Å². The molecule has 0 aliphatic carbocycles. The standard InChI is InChI=1S/C9H8N2O3/c1-14-9(13)7-5-10-11-3-2-6(12)4-8(7)11/h2-5,10H,1H3. The topological polar surface area (TPSA) is 63.6 Å². The van der Waals surface area contributed by atoms with Gasteiger partial charge in [-0.05, 0) is 0 Å². The molecule has 5 nitrogen and oxygen atoms in total. The molecule has 2 aromatic rings. The van der Waals surface area contributed by atoms with Crippen LogP contribution in [0, 0.1) is 0 Å². The lowest BCUT2D eigenvalue weighted by Crippen LogP contribution is -2.03. The largest absolute Gasteiger partial charge is 0.465 e. The number of pyridine rings is 1. The van der Waals surface area contributed by atoms with E-state index in [0.717, 1.165) is 0 Å². The molecule has 0 fully saturated rings. The van der Waals surface area contributed by atoms with Crippen LogP contribution in [0.25, 0.3) is 5.52 Å². The summed E-state index contributed by atoms with van der Waals surface area (Å²) in [5.41, 5.74) is 0.726. The highest BCUT2D eigenvalue weighted by atomic mass is 16.5. The first-order chi connectivity index (χ1) is 6.72. The van der Waals surface area contributed by atoms with Crippen LogP contribution in [0.1, 0.15) is 10.4 Å². The monoisotopic (exact) mass is 192 g/mol. The summed E-state index contributed by atoms with van der Waals surface area (Å²) in [5.74, 6) is -0.464. The average molecular weight is 192 g/mol. The van der Waals surface area contributed by atoms with E-state index < -0.39 is 5.97 Å². The zero-order valence-corrected chi connectivity index (χ0v) is 7.48.